The van der Waals surface area contributed by atoms with Crippen LogP contribution in [-0.4, -0.2) is 87.8 Å². The van der Waals surface area contributed by atoms with E-state index in [1.165, 1.54) is 68.1 Å². The summed E-state index contributed by atoms with van der Waals surface area (Å²) in [6.45, 7) is 25.7. The molecule has 6 aliphatic carbocycles. The molecular formula is C55H79N3O6S. The van der Waals surface area contributed by atoms with E-state index in [0.29, 0.717) is 79.5 Å². The van der Waals surface area contributed by atoms with Crippen LogP contribution in [0.15, 0.2) is 65.9 Å². The van der Waals surface area contributed by atoms with E-state index in [1.807, 2.05) is 31.2 Å². The number of pyridine rings is 1. The molecule has 0 radical (unpaired) electrons. The van der Waals surface area contributed by atoms with Crippen molar-refractivity contribution in [2.75, 3.05) is 58.0 Å². The third-order valence-electron chi connectivity index (χ3n) is 20.1. The average Bonchev–Trinajstić information content (AvgIpc) is 3.66. The number of hydrogen-bond acceptors (Lipinski definition) is 9. The molecule has 9 nitrogen and oxygen atoms in total. The quantitative estimate of drug-likeness (QED) is 0.165. The third kappa shape index (κ3) is 7.74. The summed E-state index contributed by atoms with van der Waals surface area (Å²) in [5, 5.41) is 6.12. The van der Waals surface area contributed by atoms with Crippen molar-refractivity contribution in [3.05, 3.63) is 65.9 Å². The van der Waals surface area contributed by atoms with Crippen LogP contribution in [0.2, 0.25) is 0 Å². The van der Waals surface area contributed by atoms with E-state index in [1.54, 1.807) is 13.3 Å². The number of allylic oxidation sites excluding steroid dienone is 5. The second kappa shape index (κ2) is 17.1. The zero-order chi connectivity index (χ0) is 46.2. The number of hydrogen-bond donors (Lipinski definition) is 1. The number of nitrogens with zero attached hydrogens (tertiary/aromatic N) is 2. The van der Waals surface area contributed by atoms with Crippen LogP contribution in [0.4, 0.5) is 0 Å². The highest BCUT2D eigenvalue weighted by Gasteiger charge is 2.70. The second-order valence-electron chi connectivity index (χ2n) is 23.2. The topological polar surface area (TPSA) is 107 Å². The summed E-state index contributed by atoms with van der Waals surface area (Å²) in [5.74, 6) is 4.69. The van der Waals surface area contributed by atoms with Gasteiger partial charge in [0.15, 0.2) is 9.84 Å². The van der Waals surface area contributed by atoms with Gasteiger partial charge in [-0.3, -0.25) is 4.79 Å². The minimum absolute atomic E-state index is 0.00492. The molecule has 2 heterocycles. The van der Waals surface area contributed by atoms with Crippen molar-refractivity contribution in [2.24, 2.45) is 56.7 Å². The van der Waals surface area contributed by atoms with Crippen LogP contribution in [0.5, 0.6) is 11.6 Å². The number of aromatic nitrogens is 1. The van der Waals surface area contributed by atoms with Crippen molar-refractivity contribution < 1.29 is 27.4 Å². The van der Waals surface area contributed by atoms with Gasteiger partial charge in [0.1, 0.15) is 17.8 Å². The molecular weight excluding hydrogens is 831 g/mol. The Labute approximate surface area is 390 Å². The lowest BCUT2D eigenvalue weighted by Crippen LogP contribution is -2.68. The molecule has 356 valence electrons. The molecule has 10 atom stereocenters. The van der Waals surface area contributed by atoms with E-state index in [4.69, 9.17) is 14.2 Å². The Hall–Kier alpha value is -3.21. The number of methoxy groups -OCH3 is 1. The Kier molecular flexibility index (Phi) is 12.3. The number of esters is 1. The smallest absolute Gasteiger partial charge is 0.315 e. The average molecular weight is 910 g/mol. The van der Waals surface area contributed by atoms with E-state index < -0.39 is 15.3 Å². The molecule has 0 spiro atoms. The Bertz CT molecular complexity index is 2340. The molecule has 9 rings (SSSR count). The van der Waals surface area contributed by atoms with Gasteiger partial charge in [-0.15, -0.1) is 0 Å². The van der Waals surface area contributed by atoms with Gasteiger partial charge in [-0.05, 0) is 177 Å². The highest BCUT2D eigenvalue weighted by atomic mass is 32.2. The van der Waals surface area contributed by atoms with Crippen molar-refractivity contribution in [3.63, 3.8) is 0 Å². The predicted octanol–water partition coefficient (Wildman–Crippen LogP) is 10.5. The SMILES string of the molecule is C=C(C)[C@@H]1CC[C@]2(NCCN3CCS(=O)(=O)CC3)CC[C@]3(C)[C@H](CC[C@@H]4[C@@]5(C)CC=C(C6=CCC(COc7nccc8ccc(OC)cc78)(C(=O)OCC)CC6)C(C)(C)[C@@H]5CC[C@]43C)[C@@H]12. The first-order valence-corrected chi connectivity index (χ1v) is 27.1. The molecule has 1 N–H and O–H groups in total. The number of benzene rings is 1. The van der Waals surface area contributed by atoms with Gasteiger partial charge in [0.05, 0.1) is 25.2 Å². The highest BCUT2D eigenvalue weighted by molar-refractivity contribution is 7.91. The number of nitrogens with one attached hydrogen (secondary N) is 1. The predicted molar refractivity (Wildman–Crippen MR) is 261 cm³/mol. The molecule has 10 heteroatoms. The fraction of sp³-hybridized carbons (Fsp3) is 0.709. The molecule has 5 fully saturated rings. The van der Waals surface area contributed by atoms with Crippen LogP contribution in [0.3, 0.4) is 0 Å². The molecule has 1 saturated heterocycles. The van der Waals surface area contributed by atoms with Crippen molar-refractivity contribution in [3.8, 4) is 11.6 Å². The Balaban J connectivity index is 0.937. The lowest BCUT2D eigenvalue weighted by atomic mass is 9.33. The summed E-state index contributed by atoms with van der Waals surface area (Å²) in [6.07, 6.45) is 20.0. The summed E-state index contributed by atoms with van der Waals surface area (Å²) >= 11 is 0. The van der Waals surface area contributed by atoms with Crippen LogP contribution in [-0.2, 0) is 19.4 Å². The molecule has 7 aliphatic rings. The first kappa shape index (κ1) is 46.9. The van der Waals surface area contributed by atoms with Gasteiger partial charge >= 0.3 is 5.97 Å². The largest absolute Gasteiger partial charge is 0.497 e. The fourth-order valence-corrected chi connectivity index (χ4v) is 17.7. The Morgan fingerprint density at radius 2 is 1.71 bits per heavy atom. The zero-order valence-electron chi connectivity index (χ0n) is 41.0. The minimum atomic E-state index is -2.88. The molecule has 1 aliphatic heterocycles. The van der Waals surface area contributed by atoms with Gasteiger partial charge in [0.25, 0.3) is 0 Å². The lowest BCUT2D eigenvalue weighted by Gasteiger charge is -2.72. The van der Waals surface area contributed by atoms with Crippen molar-refractivity contribution >= 4 is 26.6 Å². The Morgan fingerprint density at radius 3 is 2.42 bits per heavy atom. The van der Waals surface area contributed by atoms with Crippen molar-refractivity contribution in [1.29, 1.82) is 0 Å². The second-order valence-corrected chi connectivity index (χ2v) is 25.5. The number of fused-ring (bicyclic) bond motifs is 8. The first-order valence-electron chi connectivity index (χ1n) is 25.3. The van der Waals surface area contributed by atoms with E-state index in [-0.39, 0.29) is 39.8 Å². The van der Waals surface area contributed by atoms with Gasteiger partial charge in [-0.25, -0.2) is 13.4 Å². The first-order chi connectivity index (χ1) is 30.9. The molecule has 1 aromatic heterocycles. The van der Waals surface area contributed by atoms with Gasteiger partial charge in [0.2, 0.25) is 5.88 Å². The van der Waals surface area contributed by atoms with E-state index in [9.17, 15) is 13.2 Å². The molecule has 4 saturated carbocycles. The number of carbonyl (C=O) groups is 1. The maximum absolute atomic E-state index is 13.9. The summed E-state index contributed by atoms with van der Waals surface area (Å²) in [5.41, 5.74) is 4.34. The maximum atomic E-state index is 13.9. The number of ether oxygens (including phenoxy) is 3. The normalized spacial score (nSPS) is 38.6. The van der Waals surface area contributed by atoms with Crippen LogP contribution in [0.1, 0.15) is 126 Å². The third-order valence-corrected chi connectivity index (χ3v) is 21.7. The van der Waals surface area contributed by atoms with Crippen LogP contribution in [0, 0.1) is 56.7 Å². The summed E-state index contributed by atoms with van der Waals surface area (Å²) < 4.78 is 42.1. The van der Waals surface area contributed by atoms with E-state index in [2.05, 4.69) is 75.5 Å². The molecule has 65 heavy (non-hydrogen) atoms. The minimum Gasteiger partial charge on any atom is -0.497 e. The molecule has 1 aromatic carbocycles. The van der Waals surface area contributed by atoms with Gasteiger partial charge in [-0.1, -0.05) is 65.0 Å². The standard InChI is InChI=1S/C55H79N3O6S/c1-10-63-49(59)54(36-64-48-42-35-40(62-9)12-11-38(42)20-28-56-48)23-15-39(16-24-54)43-18-21-51(6)45(50(43,4)5)19-22-53(8)46(51)14-13-44-47-41(37(2)3)17-25-55(47,27-26-52(44,53)7)57-29-30-58-31-33-65(60,61)34-32-58/h11-12,15,18,20,28,35,41,44-47,57H,2,10,13-14,16-17,19,21-27,29-34,36H2,1,3-9H3/t41-,44+,45-,46+,47+,51-,52+,53+,54?,55-/m0/s1. The zero-order valence-corrected chi connectivity index (χ0v) is 41.8. The number of rotatable bonds is 12. The summed E-state index contributed by atoms with van der Waals surface area (Å²) in [6, 6.07) is 7.86. The monoisotopic (exact) mass is 910 g/mol. The fourth-order valence-electron chi connectivity index (χ4n) is 16.4. The molecule has 1 unspecified atom stereocenters. The van der Waals surface area contributed by atoms with Crippen molar-refractivity contribution in [1.82, 2.24) is 15.2 Å². The van der Waals surface area contributed by atoms with Gasteiger partial charge < -0.3 is 24.4 Å². The molecule has 2 aromatic rings. The lowest BCUT2D eigenvalue weighted by molar-refractivity contribution is -0.221. The summed E-state index contributed by atoms with van der Waals surface area (Å²) in [7, 11) is -1.22. The molecule has 0 amide bonds. The van der Waals surface area contributed by atoms with E-state index in [0.717, 1.165) is 42.5 Å². The molecule has 0 bridgehead atoms. The number of carbonyl (C=O) groups excluding carboxylic acids is 1. The maximum Gasteiger partial charge on any atom is 0.315 e. The van der Waals surface area contributed by atoms with Crippen molar-refractivity contribution in [2.45, 2.75) is 131 Å². The highest BCUT2D eigenvalue weighted by Crippen LogP contribution is 2.76. The Morgan fingerprint density at radius 1 is 0.923 bits per heavy atom. The van der Waals surface area contributed by atoms with Gasteiger partial charge in [-0.2, -0.15) is 0 Å². The van der Waals surface area contributed by atoms with Crippen LogP contribution in [0.25, 0.3) is 10.8 Å². The summed E-state index contributed by atoms with van der Waals surface area (Å²) in [4.78, 5) is 20.8. The number of sulfone groups is 1. The van der Waals surface area contributed by atoms with Crippen LogP contribution < -0.4 is 14.8 Å². The van der Waals surface area contributed by atoms with Crippen LogP contribution >= 0.6 is 0 Å². The van der Waals surface area contributed by atoms with E-state index >= 15 is 0 Å². The van der Waals surface area contributed by atoms with Gasteiger partial charge in [0, 0.05) is 43.3 Å².